The van der Waals surface area contributed by atoms with Gasteiger partial charge in [-0.1, -0.05) is 50.6 Å². The first-order chi connectivity index (χ1) is 15.2. The Bertz CT molecular complexity index is 1220. The molecule has 0 aliphatic rings. The van der Waals surface area contributed by atoms with Crippen LogP contribution in [0.1, 0.15) is 50.1 Å². The van der Waals surface area contributed by atoms with E-state index in [1.54, 1.807) is 6.21 Å². The molecule has 0 saturated carbocycles. The van der Waals surface area contributed by atoms with Gasteiger partial charge < -0.3 is 9.47 Å². The molecule has 7 nitrogen and oxygen atoms in total. The average Bonchev–Trinajstić information content (AvgIpc) is 2.73. The lowest BCUT2D eigenvalue weighted by molar-refractivity contribution is 0.269. The van der Waals surface area contributed by atoms with Crippen LogP contribution in [-0.4, -0.2) is 27.7 Å². The summed E-state index contributed by atoms with van der Waals surface area (Å²) in [5.41, 5.74) is 2.59. The van der Waals surface area contributed by atoms with Gasteiger partial charge in [0.1, 0.15) is 12.3 Å². The van der Waals surface area contributed by atoms with E-state index in [-0.39, 0.29) is 10.3 Å². The Morgan fingerprint density at radius 3 is 2.50 bits per heavy atom. The zero-order chi connectivity index (χ0) is 23.3. The maximum absolute atomic E-state index is 12.8. The number of aromatic nitrogens is 3. The smallest absolute Gasteiger partial charge is 0.297 e. The summed E-state index contributed by atoms with van der Waals surface area (Å²) in [4.78, 5) is 12.8. The summed E-state index contributed by atoms with van der Waals surface area (Å²) in [6.45, 7) is 10.6. The zero-order valence-electron chi connectivity index (χ0n) is 19.0. The van der Waals surface area contributed by atoms with Crippen molar-refractivity contribution in [3.63, 3.8) is 0 Å². The van der Waals surface area contributed by atoms with Crippen LogP contribution in [0.15, 0.2) is 52.4 Å². The van der Waals surface area contributed by atoms with Crippen molar-refractivity contribution in [3.05, 3.63) is 80.0 Å². The molecule has 8 heteroatoms. The average molecular weight is 453 g/mol. The SMILES string of the molecule is CCOc1cc(/C=N\n2c(=S)[nH]nc(C(C)(C)C)c2=O)ccc1OCc1ccc(C)cc1. The number of aromatic amines is 1. The van der Waals surface area contributed by atoms with Crippen LogP contribution in [0.4, 0.5) is 0 Å². The van der Waals surface area contributed by atoms with E-state index in [1.807, 2.05) is 58.0 Å². The molecule has 168 valence electrons. The summed E-state index contributed by atoms with van der Waals surface area (Å²) in [5, 5.41) is 11.1. The highest BCUT2D eigenvalue weighted by atomic mass is 32.1. The number of nitrogens with one attached hydrogen (secondary N) is 1. The molecule has 0 unspecified atom stereocenters. The molecule has 0 fully saturated rings. The Morgan fingerprint density at radius 2 is 1.84 bits per heavy atom. The Kier molecular flexibility index (Phi) is 7.25. The third kappa shape index (κ3) is 5.70. The Labute approximate surface area is 192 Å². The van der Waals surface area contributed by atoms with Crippen LogP contribution in [0.25, 0.3) is 0 Å². The van der Waals surface area contributed by atoms with Crippen LogP contribution >= 0.6 is 12.2 Å². The van der Waals surface area contributed by atoms with Gasteiger partial charge in [0.05, 0.1) is 12.8 Å². The first-order valence-electron chi connectivity index (χ1n) is 10.4. The van der Waals surface area contributed by atoms with Gasteiger partial charge in [0.25, 0.3) is 5.56 Å². The van der Waals surface area contributed by atoms with Crippen molar-refractivity contribution in [2.45, 2.75) is 46.6 Å². The second-order valence-corrected chi connectivity index (χ2v) is 8.79. The molecule has 3 rings (SSSR count). The van der Waals surface area contributed by atoms with Crippen LogP contribution in [0.3, 0.4) is 0 Å². The predicted molar refractivity (Wildman–Crippen MR) is 128 cm³/mol. The molecule has 0 aliphatic carbocycles. The van der Waals surface area contributed by atoms with E-state index in [2.05, 4.69) is 34.4 Å². The van der Waals surface area contributed by atoms with Gasteiger partial charge in [-0.25, -0.2) is 0 Å². The van der Waals surface area contributed by atoms with E-state index >= 15 is 0 Å². The lowest BCUT2D eigenvalue weighted by Crippen LogP contribution is -2.32. The monoisotopic (exact) mass is 452 g/mol. The number of benzene rings is 2. The van der Waals surface area contributed by atoms with Gasteiger partial charge in [0.15, 0.2) is 11.5 Å². The highest BCUT2D eigenvalue weighted by Crippen LogP contribution is 2.29. The van der Waals surface area contributed by atoms with Gasteiger partial charge in [0, 0.05) is 5.41 Å². The standard InChI is InChI=1S/C24H28N4O3S/c1-6-30-20-13-18(11-12-19(20)31-15-17-9-7-16(2)8-10-17)14-25-28-22(29)21(24(3,4)5)26-27-23(28)32/h7-14H,6,15H2,1-5H3,(H,27,32)/b25-14-. The quantitative estimate of drug-likeness (QED) is 0.413. The maximum Gasteiger partial charge on any atom is 0.297 e. The number of H-pyrrole nitrogens is 1. The minimum atomic E-state index is -0.438. The Morgan fingerprint density at radius 1 is 1.12 bits per heavy atom. The number of ether oxygens (including phenoxy) is 2. The summed E-state index contributed by atoms with van der Waals surface area (Å²) in [6, 6.07) is 13.7. The second kappa shape index (κ2) is 9.91. The van der Waals surface area contributed by atoms with Crippen LogP contribution in [0.5, 0.6) is 11.5 Å². The molecular weight excluding hydrogens is 424 g/mol. The Balaban J connectivity index is 1.86. The van der Waals surface area contributed by atoms with Crippen molar-refractivity contribution < 1.29 is 9.47 Å². The van der Waals surface area contributed by atoms with E-state index < -0.39 is 5.41 Å². The summed E-state index contributed by atoms with van der Waals surface area (Å²) in [6.07, 6.45) is 1.56. The van der Waals surface area contributed by atoms with Crippen molar-refractivity contribution in [2.24, 2.45) is 5.10 Å². The van der Waals surface area contributed by atoms with E-state index in [0.717, 1.165) is 15.8 Å². The molecule has 0 atom stereocenters. The van der Waals surface area contributed by atoms with Gasteiger partial charge in [-0.05, 0) is 55.4 Å². The van der Waals surface area contributed by atoms with E-state index in [4.69, 9.17) is 21.7 Å². The number of aryl methyl sites for hydroxylation is 1. The number of hydrogen-bond donors (Lipinski definition) is 1. The first-order valence-corrected chi connectivity index (χ1v) is 10.8. The summed E-state index contributed by atoms with van der Waals surface area (Å²) < 4.78 is 13.0. The molecule has 0 aliphatic heterocycles. The number of nitrogens with zero attached hydrogens (tertiary/aromatic N) is 3. The number of hydrogen-bond acceptors (Lipinski definition) is 6. The van der Waals surface area contributed by atoms with Crippen molar-refractivity contribution >= 4 is 18.4 Å². The van der Waals surface area contributed by atoms with Crippen molar-refractivity contribution in [3.8, 4) is 11.5 Å². The molecule has 0 amide bonds. The van der Waals surface area contributed by atoms with Crippen molar-refractivity contribution in [2.75, 3.05) is 6.61 Å². The highest BCUT2D eigenvalue weighted by Gasteiger charge is 2.21. The maximum atomic E-state index is 12.8. The van der Waals surface area contributed by atoms with Gasteiger partial charge >= 0.3 is 0 Å². The minimum absolute atomic E-state index is 0.127. The van der Waals surface area contributed by atoms with Crippen molar-refractivity contribution in [1.29, 1.82) is 0 Å². The largest absolute Gasteiger partial charge is 0.490 e. The topological polar surface area (TPSA) is 81.5 Å². The van der Waals surface area contributed by atoms with Crippen LogP contribution in [0, 0.1) is 11.7 Å². The minimum Gasteiger partial charge on any atom is -0.490 e. The summed E-state index contributed by atoms with van der Waals surface area (Å²) in [5.74, 6) is 1.24. The fraction of sp³-hybridized carbons (Fsp3) is 0.333. The third-order valence-electron chi connectivity index (χ3n) is 4.67. The molecule has 0 bridgehead atoms. The first kappa shape index (κ1) is 23.4. The van der Waals surface area contributed by atoms with Crippen LogP contribution < -0.4 is 15.0 Å². The van der Waals surface area contributed by atoms with Gasteiger partial charge in [-0.2, -0.15) is 14.9 Å². The molecule has 2 aromatic carbocycles. The fourth-order valence-corrected chi connectivity index (χ4v) is 3.12. The molecule has 0 radical (unpaired) electrons. The molecule has 0 spiro atoms. The lowest BCUT2D eigenvalue weighted by atomic mass is 9.93. The van der Waals surface area contributed by atoms with E-state index in [0.29, 0.717) is 30.4 Å². The molecular formula is C24H28N4O3S. The third-order valence-corrected chi connectivity index (χ3v) is 4.93. The van der Waals surface area contributed by atoms with Crippen molar-refractivity contribution in [1.82, 2.24) is 14.9 Å². The van der Waals surface area contributed by atoms with Crippen LogP contribution in [0.2, 0.25) is 0 Å². The summed E-state index contributed by atoms with van der Waals surface area (Å²) >= 11 is 5.20. The molecule has 32 heavy (non-hydrogen) atoms. The predicted octanol–water partition coefficient (Wildman–Crippen LogP) is 4.77. The van der Waals surface area contributed by atoms with E-state index in [1.165, 1.54) is 5.56 Å². The van der Waals surface area contributed by atoms with Crippen LogP contribution in [-0.2, 0) is 12.0 Å². The fourth-order valence-electron chi connectivity index (χ4n) is 2.95. The Hall–Kier alpha value is -3.26. The summed E-state index contributed by atoms with van der Waals surface area (Å²) in [7, 11) is 0. The highest BCUT2D eigenvalue weighted by molar-refractivity contribution is 7.71. The van der Waals surface area contributed by atoms with Gasteiger partial charge in [-0.15, -0.1) is 0 Å². The normalized spacial score (nSPS) is 11.7. The molecule has 1 N–H and O–H groups in total. The number of rotatable bonds is 7. The molecule has 1 aromatic heterocycles. The lowest BCUT2D eigenvalue weighted by Gasteiger charge is -2.16. The molecule has 0 saturated heterocycles. The zero-order valence-corrected chi connectivity index (χ0v) is 19.8. The van der Waals surface area contributed by atoms with Gasteiger partial charge in [0.2, 0.25) is 4.77 Å². The molecule has 3 aromatic rings. The van der Waals surface area contributed by atoms with Gasteiger partial charge in [-0.3, -0.25) is 9.89 Å². The van der Waals surface area contributed by atoms with E-state index in [9.17, 15) is 4.79 Å². The second-order valence-electron chi connectivity index (χ2n) is 8.40. The molecule has 1 heterocycles.